The third kappa shape index (κ3) is 6.87. The van der Waals surface area contributed by atoms with Crippen molar-refractivity contribution in [1.82, 2.24) is 10.0 Å². The monoisotopic (exact) mass is 520 g/mol. The molecule has 4 rings (SSSR count). The first-order valence-corrected chi connectivity index (χ1v) is 14.1. The molecule has 1 amide bonds. The summed E-state index contributed by atoms with van der Waals surface area (Å²) in [6, 6.07) is 23.8. The molecule has 194 valence electrons. The van der Waals surface area contributed by atoms with E-state index >= 15 is 0 Å². The van der Waals surface area contributed by atoms with Crippen molar-refractivity contribution in [3.8, 4) is 0 Å². The van der Waals surface area contributed by atoms with Crippen molar-refractivity contribution in [2.45, 2.75) is 55.4 Å². The lowest BCUT2D eigenvalue weighted by molar-refractivity contribution is -0.127. The number of amides is 1. The first-order valence-electron chi connectivity index (χ1n) is 12.6. The molecule has 37 heavy (non-hydrogen) atoms. The Bertz CT molecular complexity index is 1260. The number of hydrogen-bond donors (Lipinski definition) is 4. The molecule has 1 saturated carbocycles. The van der Waals surface area contributed by atoms with Gasteiger partial charge in [0, 0.05) is 5.92 Å². The van der Waals surface area contributed by atoms with Crippen LogP contribution in [0, 0.1) is 12.8 Å². The van der Waals surface area contributed by atoms with Gasteiger partial charge in [-0.15, -0.1) is 0 Å². The van der Waals surface area contributed by atoms with Crippen LogP contribution in [0.3, 0.4) is 0 Å². The van der Waals surface area contributed by atoms with Crippen LogP contribution in [0.4, 0.5) is 0 Å². The second-order valence-corrected chi connectivity index (χ2v) is 11.5. The molecule has 0 unspecified atom stereocenters. The van der Waals surface area contributed by atoms with Crippen molar-refractivity contribution in [3.05, 3.63) is 102 Å². The number of rotatable bonds is 9. The van der Waals surface area contributed by atoms with Crippen LogP contribution in [-0.2, 0) is 14.8 Å². The lowest BCUT2D eigenvalue weighted by atomic mass is 9.63. The minimum atomic E-state index is -3.91. The maximum atomic E-state index is 13.5. The molecule has 0 spiro atoms. The molecule has 7 nitrogen and oxygen atoms in total. The molecule has 9 heteroatoms. The standard InChI is InChI=1S/C28H33BN2O5S/c1-20-12-18-25(19-13-20)37(35,36)31-27(22-10-6-3-7-11-22)26(21-8-4-2-5-9-21)30-28(32)23-14-16-24(17-15-23)29(33)34/h2-13,18-19,23-24,26-27,31,33-34H,14-17H2,1H3,(H,30,32)/t23?,24?,26-,27-/m1/s1. The van der Waals surface area contributed by atoms with Crippen LogP contribution in [0.25, 0.3) is 0 Å². The Labute approximate surface area is 219 Å². The average molecular weight is 520 g/mol. The highest BCUT2D eigenvalue weighted by atomic mass is 32.2. The summed E-state index contributed by atoms with van der Waals surface area (Å²) >= 11 is 0. The molecule has 0 aliphatic heterocycles. The van der Waals surface area contributed by atoms with Gasteiger partial charge in [-0.25, -0.2) is 13.1 Å². The van der Waals surface area contributed by atoms with Gasteiger partial charge < -0.3 is 15.4 Å². The Kier molecular flexibility index (Phi) is 8.81. The van der Waals surface area contributed by atoms with Crippen LogP contribution in [0.2, 0.25) is 5.82 Å². The summed E-state index contributed by atoms with van der Waals surface area (Å²) in [6.45, 7) is 1.90. The number of carbonyl (C=O) groups excluding carboxylic acids is 1. The first-order chi connectivity index (χ1) is 17.7. The van der Waals surface area contributed by atoms with Crippen LogP contribution in [0.15, 0.2) is 89.8 Å². The predicted octanol–water partition coefficient (Wildman–Crippen LogP) is 3.91. The summed E-state index contributed by atoms with van der Waals surface area (Å²) in [5.41, 5.74) is 2.45. The van der Waals surface area contributed by atoms with E-state index in [1.165, 1.54) is 0 Å². The molecule has 1 aliphatic carbocycles. The zero-order valence-electron chi connectivity index (χ0n) is 20.8. The number of aryl methyl sites for hydroxylation is 1. The third-order valence-electron chi connectivity index (χ3n) is 7.13. The van der Waals surface area contributed by atoms with Gasteiger partial charge in [-0.2, -0.15) is 0 Å². The normalized spacial score (nSPS) is 19.5. The number of carbonyl (C=O) groups is 1. The molecule has 0 aromatic heterocycles. The van der Waals surface area contributed by atoms with Gasteiger partial charge in [-0.3, -0.25) is 4.79 Å². The van der Waals surface area contributed by atoms with Crippen LogP contribution < -0.4 is 10.0 Å². The van der Waals surface area contributed by atoms with Gasteiger partial charge in [0.05, 0.1) is 17.0 Å². The van der Waals surface area contributed by atoms with Gasteiger partial charge in [-0.05, 0) is 48.8 Å². The Balaban J connectivity index is 1.66. The third-order valence-corrected chi connectivity index (χ3v) is 8.58. The molecule has 0 bridgehead atoms. The number of hydrogen-bond acceptors (Lipinski definition) is 5. The minimum absolute atomic E-state index is 0.151. The van der Waals surface area contributed by atoms with Crippen molar-refractivity contribution in [2.24, 2.45) is 5.92 Å². The zero-order chi connectivity index (χ0) is 26.4. The van der Waals surface area contributed by atoms with E-state index in [9.17, 15) is 23.3 Å². The molecule has 1 fully saturated rings. The van der Waals surface area contributed by atoms with E-state index in [-0.39, 0.29) is 22.5 Å². The van der Waals surface area contributed by atoms with Crippen LogP contribution >= 0.6 is 0 Å². The van der Waals surface area contributed by atoms with E-state index in [2.05, 4.69) is 10.0 Å². The van der Waals surface area contributed by atoms with E-state index in [4.69, 9.17) is 0 Å². The average Bonchev–Trinajstić information content (AvgIpc) is 2.92. The highest BCUT2D eigenvalue weighted by Gasteiger charge is 2.35. The molecule has 0 saturated heterocycles. The summed E-state index contributed by atoms with van der Waals surface area (Å²) in [6.07, 6.45) is 2.18. The number of sulfonamides is 1. The van der Waals surface area contributed by atoms with Gasteiger partial charge in [0.25, 0.3) is 0 Å². The van der Waals surface area contributed by atoms with Crippen LogP contribution in [-0.4, -0.2) is 31.5 Å². The first kappa shape index (κ1) is 27.1. The van der Waals surface area contributed by atoms with Gasteiger partial charge in [0.1, 0.15) is 0 Å². The van der Waals surface area contributed by atoms with Gasteiger partial charge in [0.15, 0.2) is 0 Å². The molecule has 1 aliphatic rings. The molecule has 4 N–H and O–H groups in total. The molecule has 2 atom stereocenters. The highest BCUT2D eigenvalue weighted by molar-refractivity contribution is 7.89. The smallest absolute Gasteiger partial charge is 0.427 e. The molecule has 3 aromatic rings. The van der Waals surface area contributed by atoms with Crippen molar-refractivity contribution in [1.29, 1.82) is 0 Å². The van der Waals surface area contributed by atoms with Crippen LogP contribution in [0.5, 0.6) is 0 Å². The van der Waals surface area contributed by atoms with E-state index in [0.29, 0.717) is 25.7 Å². The second-order valence-electron chi connectivity index (χ2n) is 9.74. The fraction of sp³-hybridized carbons (Fsp3) is 0.321. The summed E-state index contributed by atoms with van der Waals surface area (Å²) in [5.74, 6) is -0.686. The molecule has 0 heterocycles. The fourth-order valence-electron chi connectivity index (χ4n) is 4.91. The van der Waals surface area contributed by atoms with Crippen molar-refractivity contribution in [3.63, 3.8) is 0 Å². The van der Waals surface area contributed by atoms with Gasteiger partial charge >= 0.3 is 7.12 Å². The van der Waals surface area contributed by atoms with E-state index in [0.717, 1.165) is 16.7 Å². The number of benzene rings is 3. The topological polar surface area (TPSA) is 116 Å². The minimum Gasteiger partial charge on any atom is -0.427 e. The van der Waals surface area contributed by atoms with Gasteiger partial charge in [-0.1, -0.05) is 91.2 Å². The summed E-state index contributed by atoms with van der Waals surface area (Å²) in [7, 11) is -5.29. The molecule has 3 aromatic carbocycles. The molecular formula is C28H33BN2O5S. The zero-order valence-corrected chi connectivity index (χ0v) is 21.6. The largest absolute Gasteiger partial charge is 0.454 e. The maximum Gasteiger partial charge on any atom is 0.454 e. The predicted molar refractivity (Wildman–Crippen MR) is 144 cm³/mol. The SMILES string of the molecule is Cc1ccc(S(=O)(=O)N[C@H](c2ccccc2)[C@H](NC(=O)C2CCC(B(O)O)CC2)c2ccccc2)cc1. The lowest BCUT2D eigenvalue weighted by Gasteiger charge is -2.33. The van der Waals surface area contributed by atoms with Crippen molar-refractivity contribution < 1.29 is 23.3 Å². The summed E-state index contributed by atoms with van der Waals surface area (Å²) in [4.78, 5) is 13.6. The molecule has 0 radical (unpaired) electrons. The lowest BCUT2D eigenvalue weighted by Crippen LogP contribution is -2.43. The summed E-state index contributed by atoms with van der Waals surface area (Å²) in [5, 5.41) is 22.1. The van der Waals surface area contributed by atoms with E-state index in [1.807, 2.05) is 67.6 Å². The molecular weight excluding hydrogens is 487 g/mol. The highest BCUT2D eigenvalue weighted by Crippen LogP contribution is 2.36. The van der Waals surface area contributed by atoms with Gasteiger partial charge in [0.2, 0.25) is 15.9 Å². The van der Waals surface area contributed by atoms with E-state index < -0.39 is 29.2 Å². The number of nitrogens with one attached hydrogen (secondary N) is 2. The summed E-state index contributed by atoms with van der Waals surface area (Å²) < 4.78 is 29.8. The quantitative estimate of drug-likeness (QED) is 0.320. The Hall–Kier alpha value is -2.98. The Morgan fingerprint density at radius 3 is 1.84 bits per heavy atom. The Morgan fingerprint density at radius 1 is 0.811 bits per heavy atom. The van der Waals surface area contributed by atoms with E-state index in [1.54, 1.807) is 24.3 Å². The van der Waals surface area contributed by atoms with Crippen molar-refractivity contribution in [2.75, 3.05) is 0 Å². The maximum absolute atomic E-state index is 13.5. The van der Waals surface area contributed by atoms with Crippen LogP contribution in [0.1, 0.15) is 54.5 Å². The second kappa shape index (κ2) is 12.0. The Morgan fingerprint density at radius 2 is 1.32 bits per heavy atom. The fourth-order valence-corrected chi connectivity index (χ4v) is 6.15. The van der Waals surface area contributed by atoms with Crippen molar-refractivity contribution >= 4 is 23.0 Å².